The molecule has 0 aliphatic carbocycles. The number of nitrogen functional groups attached to an aromatic ring is 1. The number of ether oxygens (including phenoxy) is 1. The van der Waals surface area contributed by atoms with Crippen molar-refractivity contribution in [3.8, 4) is 0 Å². The number of rotatable bonds is 6. The molecule has 7 heteroatoms. The molecule has 2 amide bonds. The van der Waals surface area contributed by atoms with Gasteiger partial charge in [-0.1, -0.05) is 6.07 Å². The summed E-state index contributed by atoms with van der Waals surface area (Å²) in [6.45, 7) is 2.10. The van der Waals surface area contributed by atoms with Gasteiger partial charge in [0.15, 0.2) is 0 Å². The third-order valence-corrected chi connectivity index (χ3v) is 3.63. The quantitative estimate of drug-likeness (QED) is 0.584. The summed E-state index contributed by atoms with van der Waals surface area (Å²) in [7, 11) is 0. The van der Waals surface area contributed by atoms with Crippen molar-refractivity contribution in [1.82, 2.24) is 4.90 Å². The van der Waals surface area contributed by atoms with E-state index in [1.165, 1.54) is 4.90 Å². The SMILES string of the molecule is CCOC(=O)C(CCC(N)=O)N1Cc2c(N)cccc2C1=O. The standard InChI is InChI=1S/C15H19N3O4/c1-2-22-15(21)12(6-7-13(17)19)18-8-10-9(14(18)20)4-3-5-11(10)16/h3-5,12H,2,6-8,16H2,1H3,(H2,17,19). The molecule has 2 rings (SSSR count). The van der Waals surface area contributed by atoms with Gasteiger partial charge in [-0.3, -0.25) is 9.59 Å². The predicted octanol–water partition coefficient (Wildman–Crippen LogP) is 0.422. The molecule has 1 aromatic rings. The average molecular weight is 305 g/mol. The van der Waals surface area contributed by atoms with E-state index in [1.54, 1.807) is 25.1 Å². The molecule has 0 aromatic heterocycles. The zero-order valence-electron chi connectivity index (χ0n) is 12.4. The molecule has 0 bridgehead atoms. The Kier molecular flexibility index (Phi) is 4.65. The van der Waals surface area contributed by atoms with Gasteiger partial charge in [0, 0.05) is 29.8 Å². The second kappa shape index (κ2) is 6.46. The Hall–Kier alpha value is -2.57. The molecular formula is C15H19N3O4. The molecule has 0 saturated heterocycles. The van der Waals surface area contributed by atoms with Crippen LogP contribution >= 0.6 is 0 Å². The van der Waals surface area contributed by atoms with Crippen molar-refractivity contribution in [3.05, 3.63) is 29.3 Å². The first kappa shape index (κ1) is 15.8. The smallest absolute Gasteiger partial charge is 0.328 e. The Morgan fingerprint density at radius 2 is 2.14 bits per heavy atom. The van der Waals surface area contributed by atoms with Crippen LogP contribution in [0.4, 0.5) is 5.69 Å². The third kappa shape index (κ3) is 3.03. The Morgan fingerprint density at radius 3 is 2.73 bits per heavy atom. The van der Waals surface area contributed by atoms with Gasteiger partial charge in [0.2, 0.25) is 5.91 Å². The summed E-state index contributed by atoms with van der Waals surface area (Å²) in [5.41, 5.74) is 12.7. The van der Waals surface area contributed by atoms with Crippen molar-refractivity contribution in [3.63, 3.8) is 0 Å². The third-order valence-electron chi connectivity index (χ3n) is 3.63. The molecule has 1 aliphatic heterocycles. The molecule has 118 valence electrons. The highest BCUT2D eigenvalue weighted by Gasteiger charge is 2.37. The first-order valence-electron chi connectivity index (χ1n) is 7.09. The van der Waals surface area contributed by atoms with E-state index in [0.29, 0.717) is 16.8 Å². The first-order chi connectivity index (χ1) is 10.5. The fourth-order valence-corrected chi connectivity index (χ4v) is 2.55. The number of hydrogen-bond donors (Lipinski definition) is 2. The molecule has 0 saturated carbocycles. The van der Waals surface area contributed by atoms with Crippen molar-refractivity contribution in [1.29, 1.82) is 0 Å². The van der Waals surface area contributed by atoms with Crippen LogP contribution < -0.4 is 11.5 Å². The van der Waals surface area contributed by atoms with E-state index < -0.39 is 17.9 Å². The van der Waals surface area contributed by atoms with Crippen LogP contribution in [-0.2, 0) is 20.9 Å². The van der Waals surface area contributed by atoms with Crippen LogP contribution in [-0.4, -0.2) is 35.3 Å². The Morgan fingerprint density at radius 1 is 1.41 bits per heavy atom. The number of carbonyl (C=O) groups is 3. The normalized spacial score (nSPS) is 14.6. The highest BCUT2D eigenvalue weighted by atomic mass is 16.5. The Bertz CT molecular complexity index is 615. The van der Waals surface area contributed by atoms with Gasteiger partial charge in [0.25, 0.3) is 5.91 Å². The Labute approximate surface area is 128 Å². The maximum atomic E-state index is 12.5. The van der Waals surface area contributed by atoms with Gasteiger partial charge in [-0.2, -0.15) is 0 Å². The monoisotopic (exact) mass is 305 g/mol. The minimum Gasteiger partial charge on any atom is -0.464 e. The van der Waals surface area contributed by atoms with Crippen molar-refractivity contribution < 1.29 is 19.1 Å². The molecule has 1 aromatic carbocycles. The molecular weight excluding hydrogens is 286 g/mol. The number of hydrogen-bond acceptors (Lipinski definition) is 5. The van der Waals surface area contributed by atoms with Gasteiger partial charge in [0.05, 0.1) is 6.61 Å². The van der Waals surface area contributed by atoms with Gasteiger partial charge < -0.3 is 21.1 Å². The molecule has 1 unspecified atom stereocenters. The lowest BCUT2D eigenvalue weighted by atomic mass is 10.1. The molecule has 4 N–H and O–H groups in total. The number of nitrogens with two attached hydrogens (primary N) is 2. The van der Waals surface area contributed by atoms with Gasteiger partial charge in [-0.05, 0) is 25.5 Å². The van der Waals surface area contributed by atoms with E-state index >= 15 is 0 Å². The van der Waals surface area contributed by atoms with E-state index in [9.17, 15) is 14.4 Å². The first-order valence-corrected chi connectivity index (χ1v) is 7.09. The molecule has 0 fully saturated rings. The van der Waals surface area contributed by atoms with Crippen molar-refractivity contribution in [2.45, 2.75) is 32.4 Å². The van der Waals surface area contributed by atoms with Crippen LogP contribution in [0, 0.1) is 0 Å². The number of esters is 1. The predicted molar refractivity (Wildman–Crippen MR) is 79.6 cm³/mol. The minimum absolute atomic E-state index is 0.000904. The average Bonchev–Trinajstić information content (AvgIpc) is 2.79. The maximum absolute atomic E-state index is 12.5. The second-order valence-electron chi connectivity index (χ2n) is 5.08. The lowest BCUT2D eigenvalue weighted by Crippen LogP contribution is -2.43. The number of benzene rings is 1. The number of anilines is 1. The van der Waals surface area contributed by atoms with E-state index in [2.05, 4.69) is 0 Å². The van der Waals surface area contributed by atoms with Crippen LogP contribution in [0.5, 0.6) is 0 Å². The molecule has 1 heterocycles. The largest absolute Gasteiger partial charge is 0.464 e. The number of fused-ring (bicyclic) bond motifs is 1. The zero-order chi connectivity index (χ0) is 16.3. The minimum atomic E-state index is -0.841. The molecule has 22 heavy (non-hydrogen) atoms. The summed E-state index contributed by atoms with van der Waals surface area (Å²) in [5, 5.41) is 0. The van der Waals surface area contributed by atoms with Crippen LogP contribution in [0.2, 0.25) is 0 Å². The second-order valence-corrected chi connectivity index (χ2v) is 5.08. The summed E-state index contributed by atoms with van der Waals surface area (Å²) in [6.07, 6.45) is 0.132. The van der Waals surface area contributed by atoms with Gasteiger partial charge in [-0.25, -0.2) is 4.79 Å². The fraction of sp³-hybridized carbons (Fsp3) is 0.400. The van der Waals surface area contributed by atoms with E-state index in [1.807, 2.05) is 0 Å². The van der Waals surface area contributed by atoms with Crippen LogP contribution in [0.15, 0.2) is 18.2 Å². The molecule has 0 spiro atoms. The van der Waals surface area contributed by atoms with E-state index in [4.69, 9.17) is 16.2 Å². The van der Waals surface area contributed by atoms with Gasteiger partial charge in [0.1, 0.15) is 6.04 Å². The molecule has 0 radical (unpaired) electrons. The van der Waals surface area contributed by atoms with E-state index in [-0.39, 0.29) is 31.9 Å². The summed E-state index contributed by atoms with van der Waals surface area (Å²) < 4.78 is 5.01. The van der Waals surface area contributed by atoms with Gasteiger partial charge in [-0.15, -0.1) is 0 Å². The number of carbonyl (C=O) groups excluding carboxylic acids is 3. The zero-order valence-corrected chi connectivity index (χ0v) is 12.4. The topological polar surface area (TPSA) is 116 Å². The maximum Gasteiger partial charge on any atom is 0.328 e. The van der Waals surface area contributed by atoms with Crippen molar-refractivity contribution >= 4 is 23.5 Å². The fourth-order valence-electron chi connectivity index (χ4n) is 2.55. The summed E-state index contributed by atoms with van der Waals surface area (Å²) >= 11 is 0. The Balaban J connectivity index is 2.25. The van der Waals surface area contributed by atoms with Crippen molar-refractivity contribution in [2.75, 3.05) is 12.3 Å². The summed E-state index contributed by atoms with van der Waals surface area (Å²) in [4.78, 5) is 37.0. The number of amides is 2. The highest BCUT2D eigenvalue weighted by molar-refractivity contribution is 6.02. The van der Waals surface area contributed by atoms with E-state index in [0.717, 1.165) is 0 Å². The lowest BCUT2D eigenvalue weighted by Gasteiger charge is -2.25. The number of primary amides is 1. The summed E-state index contributed by atoms with van der Waals surface area (Å²) in [5.74, 6) is -1.36. The van der Waals surface area contributed by atoms with Crippen LogP contribution in [0.25, 0.3) is 0 Å². The lowest BCUT2D eigenvalue weighted by molar-refractivity contribution is -0.149. The van der Waals surface area contributed by atoms with Gasteiger partial charge >= 0.3 is 5.97 Å². The van der Waals surface area contributed by atoms with Crippen molar-refractivity contribution in [2.24, 2.45) is 5.73 Å². The number of nitrogens with zero attached hydrogens (tertiary/aromatic N) is 1. The molecule has 1 atom stereocenters. The molecule has 1 aliphatic rings. The molecule has 7 nitrogen and oxygen atoms in total. The summed E-state index contributed by atoms with van der Waals surface area (Å²) in [6, 6.07) is 4.23. The highest BCUT2D eigenvalue weighted by Crippen LogP contribution is 2.30. The van der Waals surface area contributed by atoms with Crippen LogP contribution in [0.1, 0.15) is 35.7 Å². The van der Waals surface area contributed by atoms with Crippen LogP contribution in [0.3, 0.4) is 0 Å².